The molecule has 1 heteroatoms. The molecule has 1 aromatic carbocycles. The number of hydrogen-bond acceptors (Lipinski definition) is 1. The number of nitrogens with two attached hydrogens (primary N) is 1. The second-order valence-corrected chi connectivity index (χ2v) is 6.26. The minimum Gasteiger partial charge on any atom is -0.328 e. The maximum absolute atomic E-state index is 5.79. The summed E-state index contributed by atoms with van der Waals surface area (Å²) in [5.74, 6) is 0.756. The lowest BCUT2D eigenvalue weighted by Crippen LogP contribution is -2.21. The number of allylic oxidation sites excluding steroid dienone is 1. The molecular formula is C19H33N. The molecule has 0 aliphatic heterocycles. The highest BCUT2D eigenvalue weighted by Gasteiger charge is 2.02. The molecule has 0 aliphatic rings. The first-order chi connectivity index (χ1) is 9.27. The van der Waals surface area contributed by atoms with Crippen molar-refractivity contribution in [3.63, 3.8) is 0 Å². The molecule has 0 unspecified atom stereocenters. The zero-order valence-electron chi connectivity index (χ0n) is 14.3. The highest BCUT2D eigenvalue weighted by Crippen LogP contribution is 2.15. The van der Waals surface area contributed by atoms with Crippen LogP contribution in [0.2, 0.25) is 0 Å². The summed E-state index contributed by atoms with van der Waals surface area (Å²) in [5.41, 5.74) is 10.8. The Morgan fingerprint density at radius 3 is 2.20 bits per heavy atom. The topological polar surface area (TPSA) is 26.0 Å². The Labute approximate surface area is 126 Å². The molecule has 0 fully saturated rings. The molecule has 20 heavy (non-hydrogen) atoms. The van der Waals surface area contributed by atoms with Crippen LogP contribution in [0.5, 0.6) is 0 Å². The van der Waals surface area contributed by atoms with Crippen LogP contribution in [0.4, 0.5) is 0 Å². The fourth-order valence-electron chi connectivity index (χ4n) is 2.10. The molecule has 114 valence electrons. The average Bonchev–Trinajstić information content (AvgIpc) is 2.32. The summed E-state index contributed by atoms with van der Waals surface area (Å²) >= 11 is 0. The third-order valence-electron chi connectivity index (χ3n) is 3.43. The van der Waals surface area contributed by atoms with Crippen molar-refractivity contribution in [2.45, 2.75) is 66.8 Å². The SMILES string of the molecule is C=C(C)c1ccc(C)c(C)c1.CCC[C@@H](N)CC(C)C. The van der Waals surface area contributed by atoms with E-state index in [-0.39, 0.29) is 0 Å². The van der Waals surface area contributed by atoms with Crippen LogP contribution < -0.4 is 5.73 Å². The van der Waals surface area contributed by atoms with Gasteiger partial charge >= 0.3 is 0 Å². The molecule has 0 radical (unpaired) electrons. The molecule has 0 bridgehead atoms. The van der Waals surface area contributed by atoms with Crippen LogP contribution in [-0.4, -0.2) is 6.04 Å². The summed E-state index contributed by atoms with van der Waals surface area (Å²) in [6.45, 7) is 16.8. The predicted octanol–water partition coefficient (Wildman–Crippen LogP) is 5.50. The number of hydrogen-bond donors (Lipinski definition) is 1. The zero-order valence-corrected chi connectivity index (χ0v) is 14.3. The van der Waals surface area contributed by atoms with Gasteiger partial charge in [-0.25, -0.2) is 0 Å². The Bertz CT molecular complexity index is 404. The van der Waals surface area contributed by atoms with Crippen molar-refractivity contribution < 1.29 is 0 Å². The van der Waals surface area contributed by atoms with Crippen molar-refractivity contribution in [2.75, 3.05) is 0 Å². The second kappa shape index (κ2) is 9.77. The van der Waals surface area contributed by atoms with Gasteiger partial charge in [0.05, 0.1) is 0 Å². The van der Waals surface area contributed by atoms with Crippen LogP contribution in [0.3, 0.4) is 0 Å². The van der Waals surface area contributed by atoms with Crippen LogP contribution in [0, 0.1) is 19.8 Å². The van der Waals surface area contributed by atoms with Gasteiger partial charge in [0.15, 0.2) is 0 Å². The predicted molar refractivity (Wildman–Crippen MR) is 93.0 cm³/mol. The van der Waals surface area contributed by atoms with Gasteiger partial charge in [0.2, 0.25) is 0 Å². The Balaban J connectivity index is 0.000000370. The molecule has 0 aromatic heterocycles. The van der Waals surface area contributed by atoms with E-state index >= 15 is 0 Å². The lowest BCUT2D eigenvalue weighted by Gasteiger charge is -2.11. The standard InChI is InChI=1S/C11H14.C8H19N/c1-8(2)11-6-5-9(3)10(4)7-11;1-4-5-8(9)6-7(2)3/h5-7H,1H2,2-4H3;7-8H,4-6,9H2,1-3H3/t;8-/m.1/s1. The highest BCUT2D eigenvalue weighted by atomic mass is 14.6. The van der Waals surface area contributed by atoms with Crippen LogP contribution in [0.1, 0.15) is 63.6 Å². The van der Waals surface area contributed by atoms with Crippen LogP contribution in [0.15, 0.2) is 24.8 Å². The minimum atomic E-state index is 0.440. The number of rotatable bonds is 5. The third-order valence-corrected chi connectivity index (χ3v) is 3.43. The first kappa shape index (κ1) is 18.9. The van der Waals surface area contributed by atoms with E-state index in [0.29, 0.717) is 6.04 Å². The van der Waals surface area contributed by atoms with E-state index in [1.807, 2.05) is 6.92 Å². The summed E-state index contributed by atoms with van der Waals surface area (Å²) in [6.07, 6.45) is 3.57. The van der Waals surface area contributed by atoms with E-state index in [2.05, 4.69) is 59.4 Å². The molecule has 0 heterocycles. The quantitative estimate of drug-likeness (QED) is 0.754. The average molecular weight is 275 g/mol. The van der Waals surface area contributed by atoms with Crippen molar-refractivity contribution >= 4 is 5.57 Å². The van der Waals surface area contributed by atoms with Gasteiger partial charge in [-0.15, -0.1) is 0 Å². The second-order valence-electron chi connectivity index (χ2n) is 6.26. The molecule has 0 saturated carbocycles. The molecular weight excluding hydrogens is 242 g/mol. The van der Waals surface area contributed by atoms with Gasteiger partial charge in [0.25, 0.3) is 0 Å². The molecule has 0 amide bonds. The Hall–Kier alpha value is -1.08. The first-order valence-electron chi connectivity index (χ1n) is 7.76. The smallest absolute Gasteiger partial charge is 0.00411 e. The van der Waals surface area contributed by atoms with Gasteiger partial charge in [-0.1, -0.05) is 57.5 Å². The Morgan fingerprint density at radius 1 is 1.20 bits per heavy atom. The lowest BCUT2D eigenvalue weighted by atomic mass is 10.0. The summed E-state index contributed by atoms with van der Waals surface area (Å²) in [6, 6.07) is 6.87. The lowest BCUT2D eigenvalue weighted by molar-refractivity contribution is 0.470. The summed E-state index contributed by atoms with van der Waals surface area (Å²) in [4.78, 5) is 0. The van der Waals surface area contributed by atoms with Crippen LogP contribution in [0.25, 0.3) is 5.57 Å². The monoisotopic (exact) mass is 275 g/mol. The fraction of sp³-hybridized carbons (Fsp3) is 0.579. The van der Waals surface area contributed by atoms with Gasteiger partial charge in [0, 0.05) is 6.04 Å². The Kier molecular flexibility index (Phi) is 9.24. The molecule has 0 aliphatic carbocycles. The molecule has 1 aromatic rings. The van der Waals surface area contributed by atoms with Gasteiger partial charge in [-0.05, 0) is 56.2 Å². The largest absolute Gasteiger partial charge is 0.328 e. The summed E-state index contributed by atoms with van der Waals surface area (Å²) < 4.78 is 0. The van der Waals surface area contributed by atoms with E-state index in [4.69, 9.17) is 5.73 Å². The molecule has 1 rings (SSSR count). The molecule has 2 N–H and O–H groups in total. The van der Waals surface area contributed by atoms with Gasteiger partial charge in [0.1, 0.15) is 0 Å². The third kappa shape index (κ3) is 8.16. The van der Waals surface area contributed by atoms with Gasteiger partial charge < -0.3 is 5.73 Å². The summed E-state index contributed by atoms with van der Waals surface area (Å²) in [5, 5.41) is 0. The normalized spacial score (nSPS) is 11.8. The van der Waals surface area contributed by atoms with Gasteiger partial charge in [-0.2, -0.15) is 0 Å². The summed E-state index contributed by atoms with van der Waals surface area (Å²) in [7, 11) is 0. The van der Waals surface area contributed by atoms with E-state index in [1.54, 1.807) is 0 Å². The molecule has 1 atom stereocenters. The van der Waals surface area contributed by atoms with Crippen molar-refractivity contribution in [2.24, 2.45) is 11.7 Å². The number of aryl methyl sites for hydroxylation is 2. The number of benzene rings is 1. The van der Waals surface area contributed by atoms with Crippen molar-refractivity contribution in [3.05, 3.63) is 41.5 Å². The van der Waals surface area contributed by atoms with Crippen molar-refractivity contribution in [3.8, 4) is 0 Å². The van der Waals surface area contributed by atoms with Crippen molar-refractivity contribution in [1.29, 1.82) is 0 Å². The van der Waals surface area contributed by atoms with E-state index in [0.717, 1.165) is 11.5 Å². The van der Waals surface area contributed by atoms with E-state index in [9.17, 15) is 0 Å². The maximum atomic E-state index is 5.79. The van der Waals surface area contributed by atoms with E-state index in [1.165, 1.54) is 36.0 Å². The molecule has 0 spiro atoms. The van der Waals surface area contributed by atoms with Crippen LogP contribution >= 0.6 is 0 Å². The van der Waals surface area contributed by atoms with E-state index < -0.39 is 0 Å². The first-order valence-corrected chi connectivity index (χ1v) is 7.76. The zero-order chi connectivity index (χ0) is 15.7. The fourth-order valence-corrected chi connectivity index (χ4v) is 2.10. The molecule has 1 nitrogen and oxygen atoms in total. The van der Waals surface area contributed by atoms with Gasteiger partial charge in [-0.3, -0.25) is 0 Å². The van der Waals surface area contributed by atoms with Crippen LogP contribution in [-0.2, 0) is 0 Å². The Morgan fingerprint density at radius 2 is 1.80 bits per heavy atom. The molecule has 0 saturated heterocycles. The highest BCUT2D eigenvalue weighted by molar-refractivity contribution is 5.62. The maximum Gasteiger partial charge on any atom is 0.00411 e. The van der Waals surface area contributed by atoms with Crippen molar-refractivity contribution in [1.82, 2.24) is 0 Å². The minimum absolute atomic E-state index is 0.440.